The number of likely N-dealkylation sites (N-methyl/N-ethyl adjacent to an activating group) is 1. The number of carbonyl (C=O) groups is 1. The van der Waals surface area contributed by atoms with Crippen molar-refractivity contribution in [3.63, 3.8) is 0 Å². The Bertz CT molecular complexity index is 269. The second kappa shape index (κ2) is 7.10. The monoisotopic (exact) mass is 256 g/mol. The number of carboxylic acid groups (broad SMARTS) is 1. The van der Waals surface area contributed by atoms with Crippen LogP contribution < -0.4 is 5.32 Å². The van der Waals surface area contributed by atoms with Gasteiger partial charge >= 0.3 is 5.97 Å². The van der Waals surface area contributed by atoms with Crippen LogP contribution in [0.4, 0.5) is 0 Å². The van der Waals surface area contributed by atoms with Crippen molar-refractivity contribution in [3.05, 3.63) is 0 Å². The Kier molecular flexibility index (Phi) is 6.09. The number of nitrogens with zero attached hydrogens (tertiary/aromatic N) is 1. The number of aliphatic carboxylic acids is 1. The molecule has 1 saturated carbocycles. The second-order valence-corrected chi connectivity index (χ2v) is 5.98. The first-order valence-corrected chi connectivity index (χ1v) is 7.11. The SMILES string of the molecule is CC(C)NC(CN(C)C1CCCCC1C)C(=O)O. The molecule has 0 bridgehead atoms. The van der Waals surface area contributed by atoms with Gasteiger partial charge in [0.25, 0.3) is 0 Å². The Morgan fingerprint density at radius 3 is 2.50 bits per heavy atom. The molecule has 1 aliphatic carbocycles. The lowest BCUT2D eigenvalue weighted by atomic mass is 9.85. The fourth-order valence-corrected chi connectivity index (χ4v) is 2.98. The van der Waals surface area contributed by atoms with Crippen LogP contribution in [0.1, 0.15) is 46.5 Å². The van der Waals surface area contributed by atoms with Crippen LogP contribution in [-0.2, 0) is 4.79 Å². The van der Waals surface area contributed by atoms with Gasteiger partial charge in [0.1, 0.15) is 6.04 Å². The standard InChI is InChI=1S/C14H28N2O2/c1-10(2)15-12(14(17)18)9-16(4)13-8-6-5-7-11(13)3/h10-13,15H,5-9H2,1-4H3,(H,17,18). The third-order valence-electron chi connectivity index (χ3n) is 3.94. The van der Waals surface area contributed by atoms with Crippen LogP contribution in [0.3, 0.4) is 0 Å². The van der Waals surface area contributed by atoms with E-state index in [1.807, 2.05) is 13.8 Å². The third kappa shape index (κ3) is 4.58. The zero-order chi connectivity index (χ0) is 13.7. The van der Waals surface area contributed by atoms with Gasteiger partial charge in [-0.25, -0.2) is 0 Å². The molecule has 0 aliphatic heterocycles. The highest BCUT2D eigenvalue weighted by Crippen LogP contribution is 2.27. The van der Waals surface area contributed by atoms with E-state index in [2.05, 4.69) is 24.2 Å². The predicted octanol–water partition coefficient (Wildman–Crippen LogP) is 1.95. The molecule has 18 heavy (non-hydrogen) atoms. The van der Waals surface area contributed by atoms with Crippen molar-refractivity contribution in [3.8, 4) is 0 Å². The molecular formula is C14H28N2O2. The molecule has 0 saturated heterocycles. The summed E-state index contributed by atoms with van der Waals surface area (Å²) in [5, 5.41) is 12.4. The van der Waals surface area contributed by atoms with Crippen molar-refractivity contribution in [2.75, 3.05) is 13.6 Å². The fourth-order valence-electron chi connectivity index (χ4n) is 2.98. The van der Waals surface area contributed by atoms with Crippen molar-refractivity contribution in [2.45, 2.75) is 64.6 Å². The lowest BCUT2D eigenvalue weighted by Crippen LogP contribution is -2.51. The quantitative estimate of drug-likeness (QED) is 0.762. The molecule has 2 N–H and O–H groups in total. The Balaban J connectivity index is 2.54. The largest absolute Gasteiger partial charge is 0.480 e. The van der Waals surface area contributed by atoms with Gasteiger partial charge in [0, 0.05) is 18.6 Å². The van der Waals surface area contributed by atoms with Crippen LogP contribution in [0.5, 0.6) is 0 Å². The molecule has 1 aliphatic rings. The van der Waals surface area contributed by atoms with E-state index >= 15 is 0 Å². The van der Waals surface area contributed by atoms with Crippen LogP contribution in [0.15, 0.2) is 0 Å². The van der Waals surface area contributed by atoms with E-state index in [4.69, 9.17) is 0 Å². The van der Waals surface area contributed by atoms with Crippen LogP contribution >= 0.6 is 0 Å². The summed E-state index contributed by atoms with van der Waals surface area (Å²) in [6.07, 6.45) is 5.06. The average molecular weight is 256 g/mol. The second-order valence-electron chi connectivity index (χ2n) is 5.98. The van der Waals surface area contributed by atoms with E-state index in [1.54, 1.807) is 0 Å². The first-order valence-electron chi connectivity index (χ1n) is 7.11. The number of hydrogen-bond donors (Lipinski definition) is 2. The van der Waals surface area contributed by atoms with Gasteiger partial charge in [0.05, 0.1) is 0 Å². The van der Waals surface area contributed by atoms with E-state index in [9.17, 15) is 9.90 Å². The molecule has 1 fully saturated rings. The van der Waals surface area contributed by atoms with Crippen LogP contribution in [0.25, 0.3) is 0 Å². The van der Waals surface area contributed by atoms with Crippen molar-refractivity contribution in [2.24, 2.45) is 5.92 Å². The molecule has 106 valence electrons. The molecule has 0 spiro atoms. The summed E-state index contributed by atoms with van der Waals surface area (Å²) in [5.74, 6) is -0.0729. The highest BCUT2D eigenvalue weighted by atomic mass is 16.4. The molecule has 4 nitrogen and oxygen atoms in total. The maximum absolute atomic E-state index is 11.2. The van der Waals surface area contributed by atoms with E-state index in [0.29, 0.717) is 18.5 Å². The summed E-state index contributed by atoms with van der Waals surface area (Å²) in [7, 11) is 2.06. The summed E-state index contributed by atoms with van der Waals surface area (Å²) < 4.78 is 0. The zero-order valence-electron chi connectivity index (χ0n) is 12.1. The van der Waals surface area contributed by atoms with E-state index in [1.165, 1.54) is 25.7 Å². The lowest BCUT2D eigenvalue weighted by Gasteiger charge is -2.37. The molecule has 3 unspecified atom stereocenters. The minimum Gasteiger partial charge on any atom is -0.480 e. The van der Waals surface area contributed by atoms with Gasteiger partial charge in [-0.3, -0.25) is 4.79 Å². The molecule has 0 aromatic carbocycles. The first kappa shape index (κ1) is 15.4. The minimum atomic E-state index is -0.751. The van der Waals surface area contributed by atoms with Gasteiger partial charge in [-0.2, -0.15) is 0 Å². The van der Waals surface area contributed by atoms with Gasteiger partial charge in [-0.15, -0.1) is 0 Å². The van der Waals surface area contributed by atoms with Crippen LogP contribution in [0.2, 0.25) is 0 Å². The predicted molar refractivity (Wildman–Crippen MR) is 73.7 cm³/mol. The smallest absolute Gasteiger partial charge is 0.322 e. The van der Waals surface area contributed by atoms with Gasteiger partial charge in [-0.05, 0) is 25.8 Å². The maximum Gasteiger partial charge on any atom is 0.322 e. The highest BCUT2D eigenvalue weighted by molar-refractivity contribution is 5.73. The normalized spacial score (nSPS) is 26.6. The number of carboxylic acids is 1. The molecule has 0 amide bonds. The van der Waals surface area contributed by atoms with Crippen molar-refractivity contribution < 1.29 is 9.90 Å². The van der Waals surface area contributed by atoms with Crippen LogP contribution in [0, 0.1) is 5.92 Å². The van der Waals surface area contributed by atoms with Gasteiger partial charge < -0.3 is 15.3 Å². The molecule has 0 aromatic heterocycles. The molecule has 0 aromatic rings. The summed E-state index contributed by atoms with van der Waals surface area (Å²) >= 11 is 0. The van der Waals surface area contributed by atoms with E-state index < -0.39 is 12.0 Å². The number of hydrogen-bond acceptors (Lipinski definition) is 3. The average Bonchev–Trinajstić information content (AvgIpc) is 2.27. The molecule has 0 radical (unpaired) electrons. The molecular weight excluding hydrogens is 228 g/mol. The molecule has 4 heteroatoms. The van der Waals surface area contributed by atoms with Crippen LogP contribution in [-0.4, -0.2) is 47.7 Å². The summed E-state index contributed by atoms with van der Waals surface area (Å²) in [4.78, 5) is 13.5. The summed E-state index contributed by atoms with van der Waals surface area (Å²) in [6.45, 7) is 6.84. The Morgan fingerprint density at radius 2 is 2.00 bits per heavy atom. The summed E-state index contributed by atoms with van der Waals surface area (Å²) in [5.41, 5.74) is 0. The Hall–Kier alpha value is -0.610. The zero-order valence-corrected chi connectivity index (χ0v) is 12.1. The van der Waals surface area contributed by atoms with Gasteiger partial charge in [0.2, 0.25) is 0 Å². The maximum atomic E-state index is 11.2. The fraction of sp³-hybridized carbons (Fsp3) is 0.929. The lowest BCUT2D eigenvalue weighted by molar-refractivity contribution is -0.140. The minimum absolute atomic E-state index is 0.197. The van der Waals surface area contributed by atoms with Crippen molar-refractivity contribution >= 4 is 5.97 Å². The van der Waals surface area contributed by atoms with Gasteiger partial charge in [0.15, 0.2) is 0 Å². The topological polar surface area (TPSA) is 52.6 Å². The highest BCUT2D eigenvalue weighted by Gasteiger charge is 2.28. The van der Waals surface area contributed by atoms with Crippen molar-refractivity contribution in [1.29, 1.82) is 0 Å². The first-order chi connectivity index (χ1) is 8.41. The molecule has 3 atom stereocenters. The summed E-state index contributed by atoms with van der Waals surface area (Å²) in [6, 6.07) is 0.266. The van der Waals surface area contributed by atoms with E-state index in [0.717, 1.165) is 0 Å². The number of nitrogens with one attached hydrogen (secondary N) is 1. The Labute approximate surface area is 111 Å². The Morgan fingerprint density at radius 1 is 1.39 bits per heavy atom. The van der Waals surface area contributed by atoms with Gasteiger partial charge in [-0.1, -0.05) is 33.6 Å². The third-order valence-corrected chi connectivity index (χ3v) is 3.94. The molecule has 1 rings (SSSR count). The number of rotatable bonds is 6. The van der Waals surface area contributed by atoms with E-state index in [-0.39, 0.29) is 6.04 Å². The molecule has 0 heterocycles. The van der Waals surface area contributed by atoms with Crippen molar-refractivity contribution in [1.82, 2.24) is 10.2 Å².